The van der Waals surface area contributed by atoms with Crippen LogP contribution in [0.25, 0.3) is 0 Å². The fraction of sp³-hybridized carbons (Fsp3) is 0.412. The lowest BCUT2D eigenvalue weighted by Crippen LogP contribution is -2.36. The number of aryl methyl sites for hydroxylation is 3. The van der Waals surface area contributed by atoms with Crippen LogP contribution in [0.3, 0.4) is 0 Å². The van der Waals surface area contributed by atoms with Crippen molar-refractivity contribution < 1.29 is 4.79 Å². The molecular weight excluding hydrogens is 262 g/mol. The molecular formula is C17H21N3O. The van der Waals surface area contributed by atoms with E-state index in [1.54, 1.807) is 0 Å². The van der Waals surface area contributed by atoms with Crippen LogP contribution in [0.2, 0.25) is 0 Å². The number of benzene rings is 1. The second kappa shape index (κ2) is 5.35. The molecule has 1 aliphatic rings. The smallest absolute Gasteiger partial charge is 0.229 e. The average Bonchev–Trinajstić information content (AvgIpc) is 2.94. The number of nitrogens with zero attached hydrogens (tertiary/aromatic N) is 3. The largest absolute Gasteiger partial charge is 0.309 e. The summed E-state index contributed by atoms with van der Waals surface area (Å²) < 4.78 is 1.92. The normalized spacial score (nSPS) is 17.1. The summed E-state index contributed by atoms with van der Waals surface area (Å²) in [5.74, 6) is 0.181. The quantitative estimate of drug-likeness (QED) is 0.868. The van der Waals surface area contributed by atoms with Crippen LogP contribution in [0.4, 0.5) is 5.69 Å². The van der Waals surface area contributed by atoms with E-state index >= 15 is 0 Å². The van der Waals surface area contributed by atoms with Crippen LogP contribution >= 0.6 is 0 Å². The number of rotatable bonds is 3. The molecule has 0 bridgehead atoms. The lowest BCUT2D eigenvalue weighted by Gasteiger charge is -2.22. The van der Waals surface area contributed by atoms with Gasteiger partial charge < -0.3 is 4.90 Å². The van der Waals surface area contributed by atoms with Crippen LogP contribution < -0.4 is 4.90 Å². The van der Waals surface area contributed by atoms with Crippen LogP contribution in [-0.4, -0.2) is 21.7 Å². The molecule has 1 atom stereocenters. The standard InChI is InChI=1S/C17H21N3O/c1-12-10-13(2)19(18-12)9-8-17(21)20-14(3)11-15-6-4-5-7-16(15)20/h4-7,10,14H,8-9,11H2,1-3H3/t14-/m0/s1. The molecule has 0 saturated carbocycles. The van der Waals surface area contributed by atoms with Crippen molar-refractivity contribution in [2.24, 2.45) is 0 Å². The van der Waals surface area contributed by atoms with Gasteiger partial charge in [0.1, 0.15) is 0 Å². The van der Waals surface area contributed by atoms with Crippen molar-refractivity contribution >= 4 is 11.6 Å². The summed E-state index contributed by atoms with van der Waals surface area (Å²) in [5.41, 5.74) is 4.45. The fourth-order valence-corrected chi connectivity index (χ4v) is 3.17. The first-order chi connectivity index (χ1) is 10.1. The van der Waals surface area contributed by atoms with Gasteiger partial charge in [0, 0.05) is 30.4 Å². The SMILES string of the molecule is Cc1cc(C)n(CCC(=O)N2c3ccccc3C[C@@H]2C)n1. The number of amides is 1. The molecule has 1 aliphatic heterocycles. The molecule has 2 heterocycles. The first-order valence-electron chi connectivity index (χ1n) is 7.47. The summed E-state index contributed by atoms with van der Waals surface area (Å²) in [7, 11) is 0. The van der Waals surface area contributed by atoms with E-state index in [2.05, 4.69) is 18.1 Å². The zero-order valence-corrected chi connectivity index (χ0v) is 12.8. The van der Waals surface area contributed by atoms with Crippen molar-refractivity contribution in [3.63, 3.8) is 0 Å². The summed E-state index contributed by atoms with van der Waals surface area (Å²) >= 11 is 0. The molecule has 0 unspecified atom stereocenters. The Kier molecular flexibility index (Phi) is 3.53. The van der Waals surface area contributed by atoms with E-state index in [0.717, 1.165) is 23.5 Å². The summed E-state index contributed by atoms with van der Waals surface area (Å²) in [5, 5.41) is 4.42. The van der Waals surface area contributed by atoms with Gasteiger partial charge in [-0.15, -0.1) is 0 Å². The Hall–Kier alpha value is -2.10. The minimum Gasteiger partial charge on any atom is -0.309 e. The van der Waals surface area contributed by atoms with Crippen LogP contribution in [-0.2, 0) is 17.8 Å². The number of carbonyl (C=O) groups is 1. The van der Waals surface area contributed by atoms with Crippen molar-refractivity contribution in [3.8, 4) is 0 Å². The molecule has 0 aliphatic carbocycles. The molecule has 110 valence electrons. The number of carbonyl (C=O) groups excluding carboxylic acids is 1. The molecule has 1 aromatic carbocycles. The van der Waals surface area contributed by atoms with E-state index < -0.39 is 0 Å². The van der Waals surface area contributed by atoms with E-state index in [9.17, 15) is 4.79 Å². The van der Waals surface area contributed by atoms with E-state index in [1.807, 2.05) is 47.7 Å². The Balaban J connectivity index is 1.73. The van der Waals surface area contributed by atoms with E-state index in [-0.39, 0.29) is 11.9 Å². The van der Waals surface area contributed by atoms with Gasteiger partial charge in [-0.2, -0.15) is 5.10 Å². The summed E-state index contributed by atoms with van der Waals surface area (Å²) in [6, 6.07) is 10.5. The van der Waals surface area contributed by atoms with Gasteiger partial charge in [-0.25, -0.2) is 0 Å². The Morgan fingerprint density at radius 1 is 1.33 bits per heavy atom. The van der Waals surface area contributed by atoms with Crippen LogP contribution in [0.5, 0.6) is 0 Å². The maximum atomic E-state index is 12.6. The Morgan fingerprint density at radius 2 is 2.10 bits per heavy atom. The predicted octanol–water partition coefficient (Wildman–Crippen LogP) is 2.87. The van der Waals surface area contributed by atoms with Gasteiger partial charge in [0.25, 0.3) is 0 Å². The molecule has 3 rings (SSSR count). The minimum atomic E-state index is 0.181. The third-order valence-electron chi connectivity index (χ3n) is 4.12. The van der Waals surface area contributed by atoms with E-state index in [4.69, 9.17) is 0 Å². The van der Waals surface area contributed by atoms with Crippen LogP contribution in [0, 0.1) is 13.8 Å². The van der Waals surface area contributed by atoms with E-state index in [0.29, 0.717) is 13.0 Å². The highest BCUT2D eigenvalue weighted by molar-refractivity contribution is 5.96. The maximum absolute atomic E-state index is 12.6. The molecule has 21 heavy (non-hydrogen) atoms. The van der Waals surface area contributed by atoms with Crippen LogP contribution in [0.15, 0.2) is 30.3 Å². The Morgan fingerprint density at radius 3 is 2.81 bits per heavy atom. The van der Waals surface area contributed by atoms with E-state index in [1.165, 1.54) is 5.56 Å². The van der Waals surface area contributed by atoms with Gasteiger partial charge >= 0.3 is 0 Å². The molecule has 1 amide bonds. The highest BCUT2D eigenvalue weighted by Crippen LogP contribution is 2.32. The van der Waals surface area contributed by atoms with Crippen molar-refractivity contribution in [2.75, 3.05) is 4.90 Å². The van der Waals surface area contributed by atoms with Crippen molar-refractivity contribution in [2.45, 2.75) is 46.2 Å². The average molecular weight is 283 g/mol. The Bertz CT molecular complexity index is 674. The molecule has 4 heteroatoms. The van der Waals surface area contributed by atoms with Gasteiger partial charge in [0.15, 0.2) is 0 Å². The highest BCUT2D eigenvalue weighted by Gasteiger charge is 2.30. The summed E-state index contributed by atoms with van der Waals surface area (Å²) in [6.45, 7) is 6.76. The lowest BCUT2D eigenvalue weighted by atomic mass is 10.1. The number of hydrogen-bond acceptors (Lipinski definition) is 2. The molecule has 4 nitrogen and oxygen atoms in total. The number of anilines is 1. The molecule has 0 saturated heterocycles. The fourth-order valence-electron chi connectivity index (χ4n) is 3.17. The monoisotopic (exact) mass is 283 g/mol. The third-order valence-corrected chi connectivity index (χ3v) is 4.12. The zero-order valence-electron chi connectivity index (χ0n) is 12.8. The molecule has 0 N–H and O–H groups in total. The second-order valence-electron chi connectivity index (χ2n) is 5.85. The number of para-hydroxylation sites is 1. The van der Waals surface area contributed by atoms with Gasteiger partial charge in [0.2, 0.25) is 5.91 Å². The van der Waals surface area contributed by atoms with Crippen molar-refractivity contribution in [1.82, 2.24) is 9.78 Å². The van der Waals surface area contributed by atoms with Gasteiger partial charge in [0.05, 0.1) is 5.69 Å². The van der Waals surface area contributed by atoms with Gasteiger partial charge in [-0.1, -0.05) is 18.2 Å². The first-order valence-corrected chi connectivity index (χ1v) is 7.47. The summed E-state index contributed by atoms with van der Waals surface area (Å²) in [6.07, 6.45) is 1.43. The second-order valence-corrected chi connectivity index (χ2v) is 5.85. The predicted molar refractivity (Wildman–Crippen MR) is 83.4 cm³/mol. The van der Waals surface area contributed by atoms with Gasteiger partial charge in [-0.05, 0) is 44.9 Å². The molecule has 2 aromatic rings. The molecule has 1 aromatic heterocycles. The van der Waals surface area contributed by atoms with Crippen molar-refractivity contribution in [3.05, 3.63) is 47.3 Å². The van der Waals surface area contributed by atoms with Crippen LogP contribution in [0.1, 0.15) is 30.3 Å². The lowest BCUT2D eigenvalue weighted by molar-refractivity contribution is -0.119. The number of hydrogen-bond donors (Lipinski definition) is 0. The topological polar surface area (TPSA) is 38.1 Å². The minimum absolute atomic E-state index is 0.181. The van der Waals surface area contributed by atoms with Crippen molar-refractivity contribution in [1.29, 1.82) is 0 Å². The number of aromatic nitrogens is 2. The number of fused-ring (bicyclic) bond motifs is 1. The highest BCUT2D eigenvalue weighted by atomic mass is 16.2. The first kappa shape index (κ1) is 13.9. The molecule has 0 fully saturated rings. The summed E-state index contributed by atoms with van der Waals surface area (Å²) in [4.78, 5) is 14.5. The molecule has 0 spiro atoms. The van der Waals surface area contributed by atoms with Gasteiger partial charge in [-0.3, -0.25) is 9.48 Å². The zero-order chi connectivity index (χ0) is 15.0. The third kappa shape index (κ3) is 2.58. The Labute approximate surface area is 125 Å². The maximum Gasteiger partial charge on any atom is 0.229 e. The molecule has 0 radical (unpaired) electrons.